The smallest absolute Gasteiger partial charge is 0.253 e. The fraction of sp³-hybridized carbons (Fsp3) is 0.391. The van der Waals surface area contributed by atoms with Crippen LogP contribution >= 0.6 is 0 Å². The zero-order valence-electron chi connectivity index (χ0n) is 16.2. The van der Waals surface area contributed by atoms with Gasteiger partial charge in [0.25, 0.3) is 5.91 Å². The third kappa shape index (κ3) is 4.09. The quantitative estimate of drug-likeness (QED) is 0.826. The number of rotatable bonds is 3. The van der Waals surface area contributed by atoms with Crippen molar-refractivity contribution in [1.82, 2.24) is 9.80 Å². The second kappa shape index (κ2) is 8.57. The third-order valence-electron chi connectivity index (χ3n) is 5.67. The number of nitrogens with zero attached hydrogens (tertiary/aromatic N) is 3. The van der Waals surface area contributed by atoms with Crippen LogP contribution in [0.4, 0.5) is 5.69 Å². The van der Waals surface area contributed by atoms with Gasteiger partial charge in [0.1, 0.15) is 0 Å². The molecule has 0 aromatic heterocycles. The lowest BCUT2D eigenvalue weighted by Crippen LogP contribution is -2.44. The van der Waals surface area contributed by atoms with E-state index in [0.717, 1.165) is 56.7 Å². The largest absolute Gasteiger partial charge is 0.337 e. The first kappa shape index (κ1) is 18.7. The Bertz CT molecular complexity index is 837. The predicted molar refractivity (Wildman–Crippen MR) is 111 cm³/mol. The molecule has 0 unspecified atom stereocenters. The van der Waals surface area contributed by atoms with Crippen molar-refractivity contribution >= 4 is 17.5 Å². The van der Waals surface area contributed by atoms with Crippen LogP contribution in [-0.4, -0.2) is 60.9 Å². The van der Waals surface area contributed by atoms with Gasteiger partial charge >= 0.3 is 0 Å². The van der Waals surface area contributed by atoms with E-state index in [2.05, 4.69) is 17.0 Å². The average molecular weight is 377 g/mol. The normalized spacial score (nSPS) is 17.7. The van der Waals surface area contributed by atoms with Gasteiger partial charge in [-0.05, 0) is 43.0 Å². The molecule has 2 aromatic rings. The highest BCUT2D eigenvalue weighted by Gasteiger charge is 2.26. The van der Waals surface area contributed by atoms with Gasteiger partial charge in [0.15, 0.2) is 0 Å². The number of carbonyl (C=O) groups excluding carboxylic acids is 2. The topological polar surface area (TPSA) is 43.9 Å². The van der Waals surface area contributed by atoms with Crippen LogP contribution < -0.4 is 4.90 Å². The summed E-state index contributed by atoms with van der Waals surface area (Å²) in [6, 6.07) is 17.7. The Balaban J connectivity index is 1.37. The van der Waals surface area contributed by atoms with Gasteiger partial charge in [0.2, 0.25) is 5.91 Å². The van der Waals surface area contributed by atoms with Crippen LogP contribution in [0.1, 0.15) is 28.8 Å². The van der Waals surface area contributed by atoms with E-state index >= 15 is 0 Å². The van der Waals surface area contributed by atoms with Crippen LogP contribution in [0.3, 0.4) is 0 Å². The van der Waals surface area contributed by atoms with Crippen LogP contribution in [0.2, 0.25) is 0 Å². The highest BCUT2D eigenvalue weighted by atomic mass is 16.2. The molecule has 28 heavy (non-hydrogen) atoms. The van der Waals surface area contributed by atoms with Crippen LogP contribution in [0.5, 0.6) is 0 Å². The maximum atomic E-state index is 13.0. The van der Waals surface area contributed by atoms with Crippen LogP contribution in [-0.2, 0) is 11.2 Å². The summed E-state index contributed by atoms with van der Waals surface area (Å²) in [5.74, 6) is 0.244. The molecule has 0 bridgehead atoms. The van der Waals surface area contributed by atoms with E-state index in [0.29, 0.717) is 13.1 Å². The van der Waals surface area contributed by atoms with Crippen LogP contribution in [0.15, 0.2) is 54.6 Å². The molecule has 0 N–H and O–H groups in total. The van der Waals surface area contributed by atoms with Gasteiger partial charge in [-0.25, -0.2) is 0 Å². The fourth-order valence-corrected chi connectivity index (χ4v) is 4.16. The number of hydrogen-bond donors (Lipinski definition) is 0. The first-order chi connectivity index (χ1) is 13.7. The first-order valence-corrected chi connectivity index (χ1v) is 10.2. The molecule has 2 aromatic carbocycles. The Hall–Kier alpha value is -2.66. The lowest BCUT2D eigenvalue weighted by Gasteiger charge is -2.31. The van der Waals surface area contributed by atoms with Gasteiger partial charge in [-0.2, -0.15) is 0 Å². The molecule has 4 rings (SSSR count). The van der Waals surface area contributed by atoms with Crippen LogP contribution in [0, 0.1) is 0 Å². The summed E-state index contributed by atoms with van der Waals surface area (Å²) in [6.07, 6.45) is 2.95. The summed E-state index contributed by atoms with van der Waals surface area (Å²) >= 11 is 0. The summed E-state index contributed by atoms with van der Waals surface area (Å²) in [5.41, 5.74) is 3.06. The van der Waals surface area contributed by atoms with Gasteiger partial charge in [0, 0.05) is 44.0 Å². The van der Waals surface area contributed by atoms with Crippen molar-refractivity contribution in [3.8, 4) is 0 Å². The molecule has 1 saturated heterocycles. The molecule has 2 heterocycles. The maximum absolute atomic E-state index is 13.0. The molecule has 0 aliphatic carbocycles. The van der Waals surface area contributed by atoms with Crippen molar-refractivity contribution in [1.29, 1.82) is 0 Å². The monoisotopic (exact) mass is 377 g/mol. The lowest BCUT2D eigenvalue weighted by molar-refractivity contribution is -0.119. The number of carbonyl (C=O) groups is 2. The summed E-state index contributed by atoms with van der Waals surface area (Å²) in [6.45, 7) is 4.20. The Kier molecular flexibility index (Phi) is 5.72. The van der Waals surface area contributed by atoms with Crippen molar-refractivity contribution in [3.63, 3.8) is 0 Å². The molecule has 146 valence electrons. The molecule has 0 radical (unpaired) electrons. The molecular formula is C23H27N3O2. The van der Waals surface area contributed by atoms with E-state index in [9.17, 15) is 9.59 Å². The Morgan fingerprint density at radius 2 is 1.57 bits per heavy atom. The zero-order valence-corrected chi connectivity index (χ0v) is 16.2. The molecule has 2 aliphatic rings. The molecule has 0 saturated carbocycles. The van der Waals surface area contributed by atoms with E-state index in [1.807, 2.05) is 52.3 Å². The highest BCUT2D eigenvalue weighted by molar-refractivity contribution is 5.96. The zero-order chi connectivity index (χ0) is 19.3. The number of benzene rings is 2. The van der Waals surface area contributed by atoms with E-state index in [4.69, 9.17) is 0 Å². The summed E-state index contributed by atoms with van der Waals surface area (Å²) < 4.78 is 0. The predicted octanol–water partition coefficient (Wildman–Crippen LogP) is 2.81. The Morgan fingerprint density at radius 3 is 2.43 bits per heavy atom. The Labute approximate surface area is 166 Å². The number of para-hydroxylation sites is 1. The van der Waals surface area contributed by atoms with Gasteiger partial charge < -0.3 is 9.80 Å². The molecule has 5 heteroatoms. The van der Waals surface area contributed by atoms with Crippen LogP contribution in [0.25, 0.3) is 0 Å². The van der Waals surface area contributed by atoms with E-state index in [1.54, 1.807) is 0 Å². The van der Waals surface area contributed by atoms with Crippen molar-refractivity contribution in [2.45, 2.75) is 19.3 Å². The second-order valence-corrected chi connectivity index (χ2v) is 7.57. The number of anilines is 1. The van der Waals surface area contributed by atoms with Gasteiger partial charge in [0.05, 0.1) is 6.54 Å². The highest BCUT2D eigenvalue weighted by Crippen LogP contribution is 2.26. The molecule has 5 nitrogen and oxygen atoms in total. The summed E-state index contributed by atoms with van der Waals surface area (Å²) in [5, 5.41) is 0. The molecule has 0 spiro atoms. The van der Waals surface area contributed by atoms with Gasteiger partial charge in [-0.15, -0.1) is 0 Å². The average Bonchev–Trinajstić information content (AvgIpc) is 2.99. The van der Waals surface area contributed by atoms with Crippen molar-refractivity contribution < 1.29 is 9.59 Å². The van der Waals surface area contributed by atoms with Crippen molar-refractivity contribution in [3.05, 3.63) is 65.7 Å². The molecule has 2 amide bonds. The minimum atomic E-state index is 0.0822. The first-order valence-electron chi connectivity index (χ1n) is 10.2. The SMILES string of the molecule is O=C(c1ccccc1)N1CCCN(CC(=O)N2CCCc3ccccc32)CC1. The molecule has 0 atom stereocenters. The summed E-state index contributed by atoms with van der Waals surface area (Å²) in [4.78, 5) is 31.7. The third-order valence-corrected chi connectivity index (χ3v) is 5.67. The number of hydrogen-bond acceptors (Lipinski definition) is 3. The van der Waals surface area contributed by atoms with E-state index in [-0.39, 0.29) is 11.8 Å². The van der Waals surface area contributed by atoms with E-state index < -0.39 is 0 Å². The van der Waals surface area contributed by atoms with Crippen molar-refractivity contribution in [2.24, 2.45) is 0 Å². The second-order valence-electron chi connectivity index (χ2n) is 7.57. The molecule has 2 aliphatic heterocycles. The minimum absolute atomic E-state index is 0.0822. The van der Waals surface area contributed by atoms with Gasteiger partial charge in [-0.3, -0.25) is 14.5 Å². The number of amides is 2. The number of fused-ring (bicyclic) bond motifs is 1. The fourth-order valence-electron chi connectivity index (χ4n) is 4.16. The minimum Gasteiger partial charge on any atom is -0.337 e. The molecular weight excluding hydrogens is 350 g/mol. The lowest BCUT2D eigenvalue weighted by atomic mass is 10.0. The maximum Gasteiger partial charge on any atom is 0.253 e. The number of aryl methyl sites for hydroxylation is 1. The van der Waals surface area contributed by atoms with E-state index in [1.165, 1.54) is 5.56 Å². The molecule has 1 fully saturated rings. The summed E-state index contributed by atoms with van der Waals surface area (Å²) in [7, 11) is 0. The van der Waals surface area contributed by atoms with Crippen molar-refractivity contribution in [2.75, 3.05) is 44.2 Å². The van der Waals surface area contributed by atoms with Gasteiger partial charge in [-0.1, -0.05) is 36.4 Å². The Morgan fingerprint density at radius 1 is 0.786 bits per heavy atom. The standard InChI is InChI=1S/C23H27N3O2/c27-22(26-15-6-11-19-8-4-5-12-21(19)26)18-24-13-7-14-25(17-16-24)23(28)20-9-2-1-3-10-20/h1-5,8-10,12H,6-7,11,13-18H2.